The Morgan fingerprint density at radius 2 is 0.833 bits per heavy atom. The first kappa shape index (κ1) is 45.1. The zero-order chi connectivity index (χ0) is 2.00. The summed E-state index contributed by atoms with van der Waals surface area (Å²) in [4.78, 5) is 0. The second-order valence-corrected chi connectivity index (χ2v) is 0. The van der Waals surface area contributed by atoms with Crippen molar-refractivity contribution in [2.75, 3.05) is 0 Å². The van der Waals surface area contributed by atoms with Crippen molar-refractivity contribution in [3.63, 3.8) is 0 Å². The van der Waals surface area contributed by atoms with E-state index < -0.39 is 0 Å². The summed E-state index contributed by atoms with van der Waals surface area (Å²) in [5.41, 5.74) is 0. The van der Waals surface area contributed by atoms with Crippen LogP contribution in [0.1, 0.15) is 2.85 Å². The van der Waals surface area contributed by atoms with E-state index in [1.807, 2.05) is 0 Å². The van der Waals surface area contributed by atoms with E-state index in [1.54, 1.807) is 0 Å². The van der Waals surface area contributed by atoms with Crippen molar-refractivity contribution in [1.82, 2.24) is 0 Å². The molecule has 4 heteroatoms. The maximum Gasteiger partial charge on any atom is 2.00 e. The second-order valence-electron chi connectivity index (χ2n) is 0. The molecule has 0 radical (unpaired) electrons. The molecule has 0 aromatic rings. The molecule has 6 heavy (non-hydrogen) atoms. The average molecular weight is 180 g/mol. The fourth-order valence-corrected chi connectivity index (χ4v) is 0. The summed E-state index contributed by atoms with van der Waals surface area (Å²) in [5, 5.41) is 0. The van der Waals surface area contributed by atoms with E-state index in [9.17, 15) is 0 Å². The van der Waals surface area contributed by atoms with Crippen molar-refractivity contribution in [2.45, 2.75) is 0 Å². The summed E-state index contributed by atoms with van der Waals surface area (Å²) in [6, 6.07) is 0. The van der Waals surface area contributed by atoms with Gasteiger partial charge in [0, 0.05) is 0 Å². The van der Waals surface area contributed by atoms with Crippen molar-refractivity contribution in [1.29, 1.82) is 0 Å². The molecule has 0 nitrogen and oxygen atoms in total. The van der Waals surface area contributed by atoms with Crippen molar-refractivity contribution < 1.29 is 2.85 Å². The van der Waals surface area contributed by atoms with Crippen molar-refractivity contribution >= 4 is 75.0 Å². The van der Waals surface area contributed by atoms with Gasteiger partial charge in [-0.25, -0.2) is 0 Å². The van der Waals surface area contributed by atoms with Gasteiger partial charge in [0.2, 0.25) is 0 Å². The van der Waals surface area contributed by atoms with Gasteiger partial charge in [-0.3, -0.25) is 0 Å². The van der Waals surface area contributed by atoms with Crippen molar-refractivity contribution in [3.05, 3.63) is 13.2 Å². The molecule has 0 saturated heterocycles. The molecule has 0 aromatic carbocycles. The van der Waals surface area contributed by atoms with Crippen LogP contribution in [0.2, 0.25) is 0 Å². The normalized spacial score (nSPS) is 0.667. The summed E-state index contributed by atoms with van der Waals surface area (Å²) in [5.74, 6) is 0. The molecule has 0 aliphatic rings. The minimum absolute atomic E-state index is 0. The Hall–Kier alpha value is 1.87. The first-order valence-corrected chi connectivity index (χ1v) is 0.500. The summed E-state index contributed by atoms with van der Waals surface area (Å²) in [6.45, 7) is 6.00. The number of rotatable bonds is 0. The SMILES string of the molecule is C=C.Cl.Cl.Cl.[Ca+2].[H-].[H-]. The van der Waals surface area contributed by atoms with Crippen LogP contribution < -0.4 is 0 Å². The van der Waals surface area contributed by atoms with Gasteiger partial charge in [-0.1, -0.05) is 0 Å². The molecule has 0 atom stereocenters. The molecule has 0 bridgehead atoms. The monoisotopic (exact) mass is 178 g/mol. The molecule has 0 aliphatic heterocycles. The molecule has 0 fully saturated rings. The van der Waals surface area contributed by atoms with E-state index in [-0.39, 0.29) is 77.8 Å². The Kier molecular flexibility index (Phi) is 509. The summed E-state index contributed by atoms with van der Waals surface area (Å²) in [7, 11) is 0. The second kappa shape index (κ2) is 67.7. The maximum absolute atomic E-state index is 3.00. The van der Waals surface area contributed by atoms with Gasteiger partial charge in [0.05, 0.1) is 0 Å². The van der Waals surface area contributed by atoms with Gasteiger partial charge in [0.1, 0.15) is 0 Å². The summed E-state index contributed by atoms with van der Waals surface area (Å²) < 4.78 is 0. The first-order valence-electron chi connectivity index (χ1n) is 0.500. The zero-order valence-corrected chi connectivity index (χ0v) is 8.00. The van der Waals surface area contributed by atoms with Crippen LogP contribution in [0, 0.1) is 0 Å². The Balaban J connectivity index is -0.000000000333. The van der Waals surface area contributed by atoms with E-state index in [0.29, 0.717) is 0 Å². The van der Waals surface area contributed by atoms with Gasteiger partial charge in [-0.15, -0.1) is 50.4 Å². The molecule has 0 N–H and O–H groups in total. The summed E-state index contributed by atoms with van der Waals surface area (Å²) >= 11 is 0. The van der Waals surface area contributed by atoms with Crippen LogP contribution in [-0.2, 0) is 0 Å². The molecule has 0 unspecified atom stereocenters. The number of halogens is 3. The molecular formula is C2H9CaCl3. The van der Waals surface area contributed by atoms with Crippen molar-refractivity contribution in [3.8, 4) is 0 Å². The van der Waals surface area contributed by atoms with E-state index in [0.717, 1.165) is 0 Å². The van der Waals surface area contributed by atoms with Crippen molar-refractivity contribution in [2.24, 2.45) is 0 Å². The Bertz CT molecular complexity index is 15.2. The van der Waals surface area contributed by atoms with E-state index >= 15 is 0 Å². The Morgan fingerprint density at radius 3 is 0.833 bits per heavy atom. The average Bonchev–Trinajstić information content (AvgIpc) is 1.00. The van der Waals surface area contributed by atoms with Crippen LogP contribution in [-0.4, -0.2) is 37.7 Å². The van der Waals surface area contributed by atoms with Crippen LogP contribution in [0.25, 0.3) is 0 Å². The summed E-state index contributed by atoms with van der Waals surface area (Å²) in [6.07, 6.45) is 0. The Labute approximate surface area is 90.0 Å². The van der Waals surface area contributed by atoms with Gasteiger partial charge < -0.3 is 2.85 Å². The third kappa shape index (κ3) is 39.8. The van der Waals surface area contributed by atoms with Gasteiger partial charge in [0.15, 0.2) is 0 Å². The predicted molar refractivity (Wildman–Crippen MR) is 41.0 cm³/mol. The topological polar surface area (TPSA) is 0 Å². The molecule has 0 amide bonds. The van der Waals surface area contributed by atoms with E-state index in [4.69, 9.17) is 0 Å². The fourth-order valence-electron chi connectivity index (χ4n) is 0. The van der Waals surface area contributed by atoms with Crippen LogP contribution in [0.3, 0.4) is 0 Å². The molecule has 0 aromatic heterocycles. The number of hydrogen-bond donors (Lipinski definition) is 0. The van der Waals surface area contributed by atoms with Gasteiger partial charge in [-0.05, 0) is 0 Å². The zero-order valence-electron chi connectivity index (χ0n) is 5.35. The van der Waals surface area contributed by atoms with Gasteiger partial charge in [-0.2, -0.15) is 0 Å². The maximum atomic E-state index is 3.00. The van der Waals surface area contributed by atoms with Crippen LogP contribution in [0.15, 0.2) is 13.2 Å². The van der Waals surface area contributed by atoms with Crippen LogP contribution in [0.5, 0.6) is 0 Å². The molecule has 0 heterocycles. The molecule has 0 spiro atoms. The fraction of sp³-hybridized carbons (Fsp3) is 0. The third-order valence-corrected chi connectivity index (χ3v) is 0. The standard InChI is InChI=1S/C2H4.Ca.3ClH.2H/c1-2;;;;;;/h1-2H2;;3*1H;;/q;+2;;;;2*-1. The molecular weight excluding hydrogens is 170 g/mol. The quantitative estimate of drug-likeness (QED) is 0.394. The molecule has 0 aliphatic carbocycles. The van der Waals surface area contributed by atoms with Crippen LogP contribution >= 0.6 is 37.2 Å². The van der Waals surface area contributed by atoms with Gasteiger partial charge in [0.25, 0.3) is 0 Å². The minimum Gasteiger partial charge on any atom is -1.00 e. The number of hydrogen-bond acceptors (Lipinski definition) is 0. The predicted octanol–water partition coefficient (Wildman–Crippen LogP) is 1.91. The van der Waals surface area contributed by atoms with E-state index in [2.05, 4.69) is 13.2 Å². The molecule has 0 rings (SSSR count). The van der Waals surface area contributed by atoms with Gasteiger partial charge >= 0.3 is 37.7 Å². The third-order valence-electron chi connectivity index (χ3n) is 0. The minimum atomic E-state index is 0. The smallest absolute Gasteiger partial charge is 1.00 e. The Morgan fingerprint density at radius 1 is 0.833 bits per heavy atom. The molecule has 0 saturated carbocycles. The first-order chi connectivity index (χ1) is 1.00. The van der Waals surface area contributed by atoms with Crippen LogP contribution in [0.4, 0.5) is 0 Å². The van der Waals surface area contributed by atoms with E-state index in [1.165, 1.54) is 0 Å². The molecule has 40 valence electrons. The largest absolute Gasteiger partial charge is 2.00 e.